The van der Waals surface area contributed by atoms with Crippen LogP contribution in [-0.2, 0) is 0 Å². The molecule has 0 aliphatic carbocycles. The SMILES string of the molecule is Cc1ccnc(Nc2ccc(Nc3n[nH]c4cccnc34)cc2Cl)c1. The molecule has 124 valence electrons. The number of hydrogen-bond donors (Lipinski definition) is 3. The highest BCUT2D eigenvalue weighted by atomic mass is 35.5. The molecule has 1 aromatic carbocycles. The number of fused-ring (bicyclic) bond motifs is 1. The van der Waals surface area contributed by atoms with Crippen LogP contribution < -0.4 is 10.6 Å². The van der Waals surface area contributed by atoms with Crippen LogP contribution in [0, 0.1) is 6.92 Å². The van der Waals surface area contributed by atoms with Crippen molar-refractivity contribution in [2.75, 3.05) is 10.6 Å². The van der Waals surface area contributed by atoms with Crippen LogP contribution in [0.15, 0.2) is 54.9 Å². The van der Waals surface area contributed by atoms with Crippen molar-refractivity contribution >= 4 is 45.6 Å². The van der Waals surface area contributed by atoms with Gasteiger partial charge in [-0.15, -0.1) is 0 Å². The Balaban J connectivity index is 1.57. The van der Waals surface area contributed by atoms with Crippen LogP contribution in [-0.4, -0.2) is 20.2 Å². The van der Waals surface area contributed by atoms with Gasteiger partial charge in [-0.25, -0.2) is 4.98 Å². The van der Waals surface area contributed by atoms with E-state index >= 15 is 0 Å². The summed E-state index contributed by atoms with van der Waals surface area (Å²) in [4.78, 5) is 8.62. The molecule has 4 rings (SSSR count). The van der Waals surface area contributed by atoms with Gasteiger partial charge in [-0.05, 0) is 55.0 Å². The number of nitrogens with zero attached hydrogens (tertiary/aromatic N) is 3. The minimum absolute atomic E-state index is 0.584. The molecule has 4 aromatic rings. The summed E-state index contributed by atoms with van der Waals surface area (Å²) in [6.07, 6.45) is 3.50. The molecule has 25 heavy (non-hydrogen) atoms. The Morgan fingerprint density at radius 2 is 1.92 bits per heavy atom. The summed E-state index contributed by atoms with van der Waals surface area (Å²) in [6.45, 7) is 2.02. The van der Waals surface area contributed by atoms with Gasteiger partial charge in [0.25, 0.3) is 0 Å². The summed E-state index contributed by atoms with van der Waals surface area (Å²) in [5.41, 5.74) is 4.40. The van der Waals surface area contributed by atoms with Crippen molar-refractivity contribution in [1.29, 1.82) is 0 Å². The molecule has 0 aliphatic heterocycles. The molecule has 6 nitrogen and oxygen atoms in total. The first-order chi connectivity index (χ1) is 12.2. The molecule has 0 spiro atoms. The Morgan fingerprint density at radius 1 is 1.00 bits per heavy atom. The lowest BCUT2D eigenvalue weighted by atomic mass is 10.2. The molecular formula is C18H15ClN6. The Bertz CT molecular complexity index is 1040. The number of rotatable bonds is 4. The van der Waals surface area contributed by atoms with Gasteiger partial charge < -0.3 is 10.6 Å². The molecule has 3 N–H and O–H groups in total. The third-order valence-corrected chi connectivity index (χ3v) is 4.04. The molecular weight excluding hydrogens is 336 g/mol. The first-order valence-electron chi connectivity index (χ1n) is 7.74. The third kappa shape index (κ3) is 3.25. The summed E-state index contributed by atoms with van der Waals surface area (Å²) in [5.74, 6) is 1.41. The van der Waals surface area contributed by atoms with Crippen molar-refractivity contribution in [1.82, 2.24) is 20.2 Å². The van der Waals surface area contributed by atoms with Crippen LogP contribution >= 0.6 is 11.6 Å². The Hall–Kier alpha value is -3.12. The maximum Gasteiger partial charge on any atom is 0.178 e. The van der Waals surface area contributed by atoms with E-state index in [4.69, 9.17) is 11.6 Å². The molecule has 3 heterocycles. The second kappa shape index (κ2) is 6.41. The van der Waals surface area contributed by atoms with E-state index in [1.807, 2.05) is 49.4 Å². The molecule has 0 saturated heterocycles. The van der Waals surface area contributed by atoms with Crippen LogP contribution in [0.2, 0.25) is 5.02 Å². The van der Waals surface area contributed by atoms with Crippen LogP contribution in [0.5, 0.6) is 0 Å². The molecule has 0 aliphatic rings. The molecule has 0 fully saturated rings. The van der Waals surface area contributed by atoms with E-state index < -0.39 is 0 Å². The van der Waals surface area contributed by atoms with Gasteiger partial charge >= 0.3 is 0 Å². The van der Waals surface area contributed by atoms with E-state index in [0.717, 1.165) is 33.8 Å². The van der Waals surface area contributed by atoms with Gasteiger partial charge in [-0.1, -0.05) is 11.6 Å². The van der Waals surface area contributed by atoms with Gasteiger partial charge in [-0.3, -0.25) is 10.1 Å². The number of hydrogen-bond acceptors (Lipinski definition) is 5. The van der Waals surface area contributed by atoms with Crippen molar-refractivity contribution in [3.63, 3.8) is 0 Å². The molecule has 0 radical (unpaired) electrons. The van der Waals surface area contributed by atoms with Crippen LogP contribution in [0.25, 0.3) is 11.0 Å². The number of nitrogens with one attached hydrogen (secondary N) is 3. The highest BCUT2D eigenvalue weighted by Gasteiger charge is 2.08. The van der Waals surface area contributed by atoms with Gasteiger partial charge in [0.15, 0.2) is 5.82 Å². The first kappa shape index (κ1) is 15.4. The largest absolute Gasteiger partial charge is 0.339 e. The zero-order valence-corrected chi connectivity index (χ0v) is 14.2. The number of pyridine rings is 2. The highest BCUT2D eigenvalue weighted by Crippen LogP contribution is 2.30. The summed E-state index contributed by atoms with van der Waals surface area (Å²) in [5, 5.41) is 14.2. The van der Waals surface area contributed by atoms with Gasteiger partial charge in [0.05, 0.1) is 16.2 Å². The van der Waals surface area contributed by atoms with E-state index in [2.05, 4.69) is 30.8 Å². The predicted molar refractivity (Wildman–Crippen MR) is 101 cm³/mol. The molecule has 0 atom stereocenters. The van der Waals surface area contributed by atoms with E-state index in [0.29, 0.717) is 10.8 Å². The van der Waals surface area contributed by atoms with Crippen LogP contribution in [0.1, 0.15) is 5.56 Å². The van der Waals surface area contributed by atoms with Crippen molar-refractivity contribution < 1.29 is 0 Å². The molecule has 0 unspecified atom stereocenters. The number of aromatic amines is 1. The Morgan fingerprint density at radius 3 is 2.76 bits per heavy atom. The quantitative estimate of drug-likeness (QED) is 0.492. The summed E-state index contributed by atoms with van der Waals surface area (Å²) < 4.78 is 0. The topological polar surface area (TPSA) is 78.5 Å². The molecule has 7 heteroatoms. The summed E-state index contributed by atoms with van der Waals surface area (Å²) in [7, 11) is 0. The molecule has 3 aromatic heterocycles. The van der Waals surface area contributed by atoms with E-state index in [1.54, 1.807) is 12.4 Å². The smallest absolute Gasteiger partial charge is 0.178 e. The summed E-state index contributed by atoms with van der Waals surface area (Å²) >= 11 is 6.40. The Kier molecular flexibility index (Phi) is 3.95. The number of aryl methyl sites for hydroxylation is 1. The van der Waals surface area contributed by atoms with Crippen molar-refractivity contribution in [2.24, 2.45) is 0 Å². The summed E-state index contributed by atoms with van der Waals surface area (Å²) in [6, 6.07) is 13.4. The highest BCUT2D eigenvalue weighted by molar-refractivity contribution is 6.33. The maximum absolute atomic E-state index is 6.40. The zero-order chi connectivity index (χ0) is 17.2. The van der Waals surface area contributed by atoms with Crippen LogP contribution in [0.3, 0.4) is 0 Å². The van der Waals surface area contributed by atoms with Crippen molar-refractivity contribution in [2.45, 2.75) is 6.92 Å². The van der Waals surface area contributed by atoms with E-state index in [9.17, 15) is 0 Å². The fraction of sp³-hybridized carbons (Fsp3) is 0.0556. The van der Waals surface area contributed by atoms with E-state index in [1.165, 1.54) is 0 Å². The van der Waals surface area contributed by atoms with E-state index in [-0.39, 0.29) is 0 Å². The second-order valence-electron chi connectivity index (χ2n) is 5.63. The van der Waals surface area contributed by atoms with Gasteiger partial charge in [-0.2, -0.15) is 5.10 Å². The second-order valence-corrected chi connectivity index (χ2v) is 6.04. The lowest BCUT2D eigenvalue weighted by Gasteiger charge is -2.10. The molecule has 0 amide bonds. The number of anilines is 4. The fourth-order valence-corrected chi connectivity index (χ4v) is 2.74. The number of halogens is 1. The number of benzene rings is 1. The monoisotopic (exact) mass is 350 g/mol. The molecule has 0 bridgehead atoms. The minimum atomic E-state index is 0.584. The Labute approximate surface area is 149 Å². The minimum Gasteiger partial charge on any atom is -0.339 e. The maximum atomic E-state index is 6.40. The van der Waals surface area contributed by atoms with Crippen molar-refractivity contribution in [3.8, 4) is 0 Å². The fourth-order valence-electron chi connectivity index (χ4n) is 2.51. The van der Waals surface area contributed by atoms with Gasteiger partial charge in [0, 0.05) is 18.1 Å². The first-order valence-corrected chi connectivity index (χ1v) is 8.12. The number of aromatic nitrogens is 4. The average Bonchev–Trinajstić information content (AvgIpc) is 3.01. The third-order valence-electron chi connectivity index (χ3n) is 3.73. The lowest BCUT2D eigenvalue weighted by molar-refractivity contribution is 1.12. The van der Waals surface area contributed by atoms with Crippen LogP contribution in [0.4, 0.5) is 23.0 Å². The zero-order valence-electron chi connectivity index (χ0n) is 13.4. The predicted octanol–water partition coefficient (Wildman–Crippen LogP) is 4.80. The van der Waals surface area contributed by atoms with Crippen molar-refractivity contribution in [3.05, 3.63) is 65.4 Å². The normalized spacial score (nSPS) is 10.8. The van der Waals surface area contributed by atoms with Gasteiger partial charge in [0.1, 0.15) is 11.3 Å². The lowest BCUT2D eigenvalue weighted by Crippen LogP contribution is -1.96. The standard InChI is InChI=1S/C18H15ClN6/c1-11-6-8-20-16(9-11)23-14-5-4-12(10-13(14)19)22-18-17-15(24-25-18)3-2-7-21-17/h2-10H,1H3,(H,20,23)(H2,22,24,25). The average molecular weight is 351 g/mol. The van der Waals surface area contributed by atoms with Gasteiger partial charge in [0.2, 0.25) is 0 Å². The number of H-pyrrole nitrogens is 1. The molecule has 0 saturated carbocycles.